The van der Waals surface area contributed by atoms with Crippen LogP contribution in [0.3, 0.4) is 0 Å². The molecule has 2 atom stereocenters. The summed E-state index contributed by atoms with van der Waals surface area (Å²) >= 11 is 6.06. The molecule has 3 saturated heterocycles. The maximum Gasteiger partial charge on any atom is 0.272 e. The monoisotopic (exact) mass is 617 g/mol. The number of aromatic nitrogens is 2. The molecule has 0 spiro atoms. The van der Waals surface area contributed by atoms with Crippen molar-refractivity contribution in [1.29, 1.82) is 0 Å². The Hall–Kier alpha value is -2.11. The van der Waals surface area contributed by atoms with Crippen LogP contribution in [0.25, 0.3) is 0 Å². The summed E-state index contributed by atoms with van der Waals surface area (Å²) in [5.41, 5.74) is 3.46. The average molecular weight is 618 g/mol. The number of rotatable bonds is 8. The molecular weight excluding hydrogens is 574 g/mol. The van der Waals surface area contributed by atoms with Gasteiger partial charge < -0.3 is 14.5 Å². The molecule has 0 aliphatic carbocycles. The molecule has 42 heavy (non-hydrogen) atoms. The lowest BCUT2D eigenvalue weighted by atomic mass is 9.95. The number of sulfonamides is 1. The molecule has 11 heteroatoms. The summed E-state index contributed by atoms with van der Waals surface area (Å²) in [4.78, 5) is 26.9. The fourth-order valence-electron chi connectivity index (χ4n) is 6.76. The second-order valence-corrected chi connectivity index (χ2v) is 14.6. The van der Waals surface area contributed by atoms with Gasteiger partial charge in [0, 0.05) is 48.5 Å². The zero-order valence-corrected chi connectivity index (χ0v) is 26.6. The van der Waals surface area contributed by atoms with E-state index in [0.717, 1.165) is 87.2 Å². The minimum absolute atomic E-state index is 0.0141. The Kier molecular flexibility index (Phi) is 10.2. The summed E-state index contributed by atoms with van der Waals surface area (Å²) in [6.45, 7) is 5.15. The first-order valence-corrected chi connectivity index (χ1v) is 17.5. The number of carbonyl (C=O) groups excluding carboxylic acids is 1. The van der Waals surface area contributed by atoms with Crippen LogP contribution in [0, 0.1) is 6.92 Å². The third kappa shape index (κ3) is 7.50. The van der Waals surface area contributed by atoms with Gasteiger partial charge in [-0.3, -0.25) is 4.79 Å². The number of carbonyl (C=O) groups is 1. The summed E-state index contributed by atoms with van der Waals surface area (Å²) in [6.07, 6.45) is 11.4. The van der Waals surface area contributed by atoms with E-state index in [2.05, 4.69) is 14.9 Å². The Balaban J connectivity index is 1.11. The zero-order valence-electron chi connectivity index (χ0n) is 25.0. The first kappa shape index (κ1) is 31.3. The molecule has 3 fully saturated rings. The number of hydrogen-bond acceptors (Lipinski definition) is 7. The number of amides is 1. The number of benzene rings is 1. The molecule has 0 bridgehead atoms. The Morgan fingerprint density at radius 1 is 1.02 bits per heavy atom. The lowest BCUT2D eigenvalue weighted by Gasteiger charge is -2.43. The van der Waals surface area contributed by atoms with Gasteiger partial charge in [0.2, 0.25) is 10.0 Å². The van der Waals surface area contributed by atoms with Crippen LogP contribution >= 0.6 is 11.6 Å². The number of halogens is 1. The smallest absolute Gasteiger partial charge is 0.272 e. The van der Waals surface area contributed by atoms with Gasteiger partial charge in [-0.2, -0.15) is 0 Å². The predicted molar refractivity (Wildman–Crippen MR) is 164 cm³/mol. The van der Waals surface area contributed by atoms with Gasteiger partial charge in [0.15, 0.2) is 0 Å². The first-order chi connectivity index (χ1) is 20.1. The Morgan fingerprint density at radius 3 is 2.38 bits per heavy atom. The van der Waals surface area contributed by atoms with Crippen molar-refractivity contribution >= 4 is 27.5 Å². The van der Waals surface area contributed by atoms with Crippen molar-refractivity contribution in [2.24, 2.45) is 0 Å². The second kappa shape index (κ2) is 13.7. The fraction of sp³-hybridized carbons (Fsp3) is 0.645. The molecule has 2 aromatic rings. The standard InChI is InChI=1S/C31H44ClN5O4S/c1-22-28(12-11-27-5-4-6-29(41-27)23-7-9-24(32)10-8-23)33-21-34-30(22)31(38)37-19-15-26(16-20-37)36-17-13-25(14-18-36)35(2)42(3,39)40/h7-10,21,25-27,29H,4-6,11-20H2,1-3H3/t27-,29+/m0/s1. The van der Waals surface area contributed by atoms with Crippen LogP contribution in [0.1, 0.15) is 84.8 Å². The van der Waals surface area contributed by atoms with E-state index in [4.69, 9.17) is 16.3 Å². The molecule has 0 N–H and O–H groups in total. The second-order valence-electron chi connectivity index (χ2n) is 12.1. The van der Waals surface area contributed by atoms with Gasteiger partial charge in [0.1, 0.15) is 12.0 Å². The molecule has 1 amide bonds. The van der Waals surface area contributed by atoms with Gasteiger partial charge in [-0.1, -0.05) is 23.7 Å². The maximum absolute atomic E-state index is 13.5. The molecule has 4 heterocycles. The van der Waals surface area contributed by atoms with Crippen molar-refractivity contribution in [3.8, 4) is 0 Å². The van der Waals surface area contributed by atoms with E-state index >= 15 is 0 Å². The summed E-state index contributed by atoms with van der Waals surface area (Å²) in [6, 6.07) is 8.43. The molecule has 3 aliphatic rings. The van der Waals surface area contributed by atoms with Gasteiger partial charge >= 0.3 is 0 Å². The van der Waals surface area contributed by atoms with E-state index in [1.807, 2.05) is 36.1 Å². The van der Waals surface area contributed by atoms with Gasteiger partial charge in [-0.05, 0) is 95.5 Å². The fourth-order valence-corrected chi connectivity index (χ4v) is 7.63. The molecule has 0 saturated carbocycles. The third-order valence-electron chi connectivity index (χ3n) is 9.49. The Morgan fingerprint density at radius 2 is 1.71 bits per heavy atom. The zero-order chi connectivity index (χ0) is 29.9. The number of aryl methyl sites for hydroxylation is 1. The van der Waals surface area contributed by atoms with Crippen LogP contribution in [-0.4, -0.2) is 96.1 Å². The minimum Gasteiger partial charge on any atom is -0.370 e. The van der Waals surface area contributed by atoms with Crippen molar-refractivity contribution in [3.05, 3.63) is 58.1 Å². The van der Waals surface area contributed by atoms with Crippen LogP contribution < -0.4 is 0 Å². The molecule has 0 radical (unpaired) electrons. The highest BCUT2D eigenvalue weighted by molar-refractivity contribution is 7.88. The van der Waals surface area contributed by atoms with E-state index < -0.39 is 10.0 Å². The van der Waals surface area contributed by atoms with Crippen molar-refractivity contribution in [1.82, 2.24) is 24.1 Å². The topological polar surface area (TPSA) is 95.9 Å². The maximum atomic E-state index is 13.5. The van der Waals surface area contributed by atoms with E-state index in [9.17, 15) is 13.2 Å². The predicted octanol–water partition coefficient (Wildman–Crippen LogP) is 4.64. The molecule has 0 unspecified atom stereocenters. The average Bonchev–Trinajstić information content (AvgIpc) is 3.00. The largest absolute Gasteiger partial charge is 0.370 e. The quantitative estimate of drug-likeness (QED) is 0.426. The highest BCUT2D eigenvalue weighted by Gasteiger charge is 2.33. The number of ether oxygens (including phenoxy) is 1. The molecule has 9 nitrogen and oxygen atoms in total. The van der Waals surface area contributed by atoms with Crippen molar-refractivity contribution < 1.29 is 17.9 Å². The van der Waals surface area contributed by atoms with Gasteiger partial charge in [-0.15, -0.1) is 0 Å². The number of likely N-dealkylation sites (tertiary alicyclic amines) is 2. The van der Waals surface area contributed by atoms with Gasteiger partial charge in [-0.25, -0.2) is 22.7 Å². The normalized spacial score (nSPS) is 23.4. The molecule has 1 aromatic heterocycles. The minimum atomic E-state index is -3.17. The van der Waals surface area contributed by atoms with Crippen LogP contribution in [-0.2, 0) is 21.2 Å². The van der Waals surface area contributed by atoms with E-state index in [-0.39, 0.29) is 24.2 Å². The van der Waals surface area contributed by atoms with Crippen LogP contribution in [0.15, 0.2) is 30.6 Å². The summed E-state index contributed by atoms with van der Waals surface area (Å²) < 4.78 is 31.8. The Labute approximate surface area is 255 Å². The number of hydrogen-bond donors (Lipinski definition) is 0. The number of piperidine rings is 2. The number of nitrogens with zero attached hydrogens (tertiary/aromatic N) is 5. The summed E-state index contributed by atoms with van der Waals surface area (Å²) in [5.74, 6) is -0.0141. The van der Waals surface area contributed by atoms with Gasteiger partial charge in [0.05, 0.1) is 18.5 Å². The van der Waals surface area contributed by atoms with Crippen LogP contribution in [0.4, 0.5) is 0 Å². The van der Waals surface area contributed by atoms with Crippen LogP contribution in [0.2, 0.25) is 5.02 Å². The van der Waals surface area contributed by atoms with Gasteiger partial charge in [0.25, 0.3) is 5.91 Å². The third-order valence-corrected chi connectivity index (χ3v) is 11.1. The highest BCUT2D eigenvalue weighted by Crippen LogP contribution is 2.33. The van der Waals surface area contributed by atoms with Crippen molar-refractivity contribution in [2.45, 2.75) is 89.0 Å². The Bertz CT molecular complexity index is 1330. The van der Waals surface area contributed by atoms with Crippen molar-refractivity contribution in [3.63, 3.8) is 0 Å². The van der Waals surface area contributed by atoms with E-state index in [1.165, 1.54) is 22.5 Å². The SMILES string of the molecule is Cc1c(CC[C@@H]2CCC[C@H](c3ccc(Cl)cc3)O2)ncnc1C(=O)N1CCC(N2CCC(N(C)S(C)(=O)=O)CC2)CC1. The lowest BCUT2D eigenvalue weighted by molar-refractivity contribution is -0.0547. The van der Waals surface area contributed by atoms with Crippen LogP contribution in [0.5, 0.6) is 0 Å². The van der Waals surface area contributed by atoms with Crippen molar-refractivity contribution in [2.75, 3.05) is 39.5 Å². The molecular formula is C31H44ClN5O4S. The summed E-state index contributed by atoms with van der Waals surface area (Å²) in [5, 5.41) is 0.733. The molecule has 5 rings (SSSR count). The lowest BCUT2D eigenvalue weighted by Crippen LogP contribution is -2.52. The molecule has 230 valence electrons. The highest BCUT2D eigenvalue weighted by atomic mass is 35.5. The molecule has 1 aromatic carbocycles. The van der Waals surface area contributed by atoms with E-state index in [0.29, 0.717) is 24.8 Å². The summed E-state index contributed by atoms with van der Waals surface area (Å²) in [7, 11) is -1.49. The molecule has 3 aliphatic heterocycles. The first-order valence-electron chi connectivity index (χ1n) is 15.3. The van der Waals surface area contributed by atoms with E-state index in [1.54, 1.807) is 7.05 Å².